The number of halogens is 4. The number of nitrogen functional groups attached to an aromatic ring is 1. The third-order valence-corrected chi connectivity index (χ3v) is 1.31. The maximum Gasteiger partial charge on any atom is 0.574 e. The van der Waals surface area contributed by atoms with Crippen molar-refractivity contribution in [1.82, 2.24) is 4.98 Å². The Labute approximate surface area is 80.9 Å². The van der Waals surface area contributed by atoms with Gasteiger partial charge in [-0.05, 0) is 0 Å². The molecular weight excluding hydrogens is 218 g/mol. The highest BCUT2D eigenvalue weighted by Gasteiger charge is 2.32. The molecule has 1 aromatic heterocycles. The third kappa shape index (κ3) is 2.70. The fraction of sp³-hybridized carbons (Fsp3) is 0.143. The second-order valence-corrected chi connectivity index (χ2v) is 2.36. The van der Waals surface area contributed by atoms with Crippen molar-refractivity contribution in [3.63, 3.8) is 0 Å². The van der Waals surface area contributed by atoms with Crippen LogP contribution in [0.4, 0.5) is 23.4 Å². The van der Waals surface area contributed by atoms with E-state index >= 15 is 0 Å². The van der Waals surface area contributed by atoms with Crippen LogP contribution >= 0.6 is 0 Å². The minimum absolute atomic E-state index is 0.336. The normalized spacial score (nSPS) is 10.9. The van der Waals surface area contributed by atoms with E-state index in [0.717, 1.165) is 0 Å². The Kier molecular flexibility index (Phi) is 2.65. The first-order valence-corrected chi connectivity index (χ1v) is 3.45. The molecule has 0 fully saturated rings. The van der Waals surface area contributed by atoms with Gasteiger partial charge in [-0.3, -0.25) is 0 Å². The smallest absolute Gasteiger partial charge is 0.388 e. The van der Waals surface area contributed by atoms with Crippen LogP contribution in [0.5, 0.6) is 5.88 Å². The largest absolute Gasteiger partial charge is 0.574 e. The number of nitrogens with zero attached hydrogens (tertiary/aromatic N) is 2. The Morgan fingerprint density at radius 3 is 2.47 bits per heavy atom. The molecule has 0 spiro atoms. The Morgan fingerprint density at radius 1 is 1.47 bits per heavy atom. The summed E-state index contributed by atoms with van der Waals surface area (Å²) in [7, 11) is 0. The summed E-state index contributed by atoms with van der Waals surface area (Å²) < 4.78 is 51.3. The molecule has 0 aliphatic carbocycles. The Morgan fingerprint density at radius 2 is 2.07 bits per heavy atom. The molecule has 1 heterocycles. The summed E-state index contributed by atoms with van der Waals surface area (Å²) in [6.07, 6.45) is -4.99. The highest BCUT2D eigenvalue weighted by atomic mass is 19.4. The van der Waals surface area contributed by atoms with Gasteiger partial charge in [0.25, 0.3) is 0 Å². The van der Waals surface area contributed by atoms with Crippen molar-refractivity contribution in [2.24, 2.45) is 0 Å². The summed E-state index contributed by atoms with van der Waals surface area (Å²) in [6, 6.07) is 1.69. The number of ether oxygens (including phenoxy) is 1. The van der Waals surface area contributed by atoms with Crippen molar-refractivity contribution < 1.29 is 22.3 Å². The minimum atomic E-state index is -4.99. The average molecular weight is 221 g/mol. The second-order valence-electron chi connectivity index (χ2n) is 2.36. The van der Waals surface area contributed by atoms with E-state index in [4.69, 9.17) is 11.0 Å². The maximum absolute atomic E-state index is 12.9. The van der Waals surface area contributed by atoms with Crippen LogP contribution in [-0.4, -0.2) is 11.3 Å². The average Bonchev–Trinajstić information content (AvgIpc) is 1.99. The van der Waals surface area contributed by atoms with E-state index in [-0.39, 0.29) is 0 Å². The highest BCUT2D eigenvalue weighted by Crippen LogP contribution is 2.24. The first-order valence-electron chi connectivity index (χ1n) is 3.45. The van der Waals surface area contributed by atoms with Gasteiger partial charge in [-0.25, -0.2) is 4.39 Å². The van der Waals surface area contributed by atoms with Crippen molar-refractivity contribution in [2.75, 3.05) is 5.73 Å². The van der Waals surface area contributed by atoms with E-state index in [1.165, 1.54) is 6.07 Å². The third-order valence-electron chi connectivity index (χ3n) is 1.31. The van der Waals surface area contributed by atoms with Crippen LogP contribution in [-0.2, 0) is 0 Å². The lowest BCUT2D eigenvalue weighted by Crippen LogP contribution is -2.18. The molecule has 0 aliphatic heterocycles. The molecule has 1 aromatic rings. The van der Waals surface area contributed by atoms with E-state index in [9.17, 15) is 17.6 Å². The second kappa shape index (κ2) is 3.61. The molecule has 0 saturated carbocycles. The van der Waals surface area contributed by atoms with Crippen molar-refractivity contribution in [1.29, 1.82) is 5.26 Å². The standard InChI is InChI=1S/C7H3F4N3O/c8-4-1-5(15-7(9,10)11)14-6(13)3(4)2-12/h1H,(H2,13,14). The molecule has 80 valence electrons. The zero-order valence-electron chi connectivity index (χ0n) is 6.97. The summed E-state index contributed by atoms with van der Waals surface area (Å²) in [5.74, 6) is -2.92. The molecule has 0 unspecified atom stereocenters. The van der Waals surface area contributed by atoms with Crippen molar-refractivity contribution in [3.05, 3.63) is 17.4 Å². The molecule has 0 atom stereocenters. The van der Waals surface area contributed by atoms with E-state index in [2.05, 4.69) is 9.72 Å². The van der Waals surface area contributed by atoms with E-state index < -0.39 is 29.4 Å². The summed E-state index contributed by atoms with van der Waals surface area (Å²) in [4.78, 5) is 3.06. The van der Waals surface area contributed by atoms with Crippen molar-refractivity contribution in [3.8, 4) is 11.9 Å². The lowest BCUT2D eigenvalue weighted by molar-refractivity contribution is -0.276. The van der Waals surface area contributed by atoms with Gasteiger partial charge in [0, 0.05) is 6.07 Å². The molecule has 4 nitrogen and oxygen atoms in total. The fourth-order valence-corrected chi connectivity index (χ4v) is 0.791. The SMILES string of the molecule is N#Cc1c(F)cc(OC(F)(F)F)nc1N. The highest BCUT2D eigenvalue weighted by molar-refractivity contribution is 5.50. The molecule has 2 N–H and O–H groups in total. The molecule has 8 heteroatoms. The van der Waals surface area contributed by atoms with Crippen molar-refractivity contribution >= 4 is 5.82 Å². The number of alkyl halides is 3. The quantitative estimate of drug-likeness (QED) is 0.730. The van der Waals surface area contributed by atoms with Gasteiger partial charge in [-0.15, -0.1) is 13.2 Å². The van der Waals surface area contributed by atoms with Gasteiger partial charge in [0.15, 0.2) is 0 Å². The topological polar surface area (TPSA) is 71.9 Å². The number of hydrogen-bond acceptors (Lipinski definition) is 4. The van der Waals surface area contributed by atoms with Gasteiger partial charge in [0.05, 0.1) is 0 Å². The first-order chi connectivity index (χ1) is 6.83. The van der Waals surface area contributed by atoms with Crippen LogP contribution in [0.3, 0.4) is 0 Å². The number of nitrogens with two attached hydrogens (primary N) is 1. The van der Waals surface area contributed by atoms with Gasteiger partial charge in [0.1, 0.15) is 23.3 Å². The molecule has 0 bridgehead atoms. The zero-order chi connectivity index (χ0) is 11.6. The van der Waals surface area contributed by atoms with Gasteiger partial charge in [-0.2, -0.15) is 10.2 Å². The van der Waals surface area contributed by atoms with Crippen molar-refractivity contribution in [2.45, 2.75) is 6.36 Å². The molecule has 0 aromatic carbocycles. The minimum Gasteiger partial charge on any atom is -0.388 e. The summed E-state index contributed by atoms with van der Waals surface area (Å²) in [5.41, 5.74) is 4.41. The van der Waals surface area contributed by atoms with Gasteiger partial charge >= 0.3 is 6.36 Å². The van der Waals surface area contributed by atoms with E-state index in [1.54, 1.807) is 0 Å². The molecule has 15 heavy (non-hydrogen) atoms. The number of anilines is 1. The summed E-state index contributed by atoms with van der Waals surface area (Å²) >= 11 is 0. The summed E-state index contributed by atoms with van der Waals surface area (Å²) in [5, 5.41) is 8.35. The van der Waals surface area contributed by atoms with Crippen LogP contribution in [0.2, 0.25) is 0 Å². The molecule has 0 radical (unpaired) electrons. The lowest BCUT2D eigenvalue weighted by Gasteiger charge is -2.08. The number of nitriles is 1. The number of aromatic nitrogens is 1. The Balaban J connectivity index is 3.11. The number of pyridine rings is 1. The Bertz CT molecular complexity index is 400. The van der Waals surface area contributed by atoms with Gasteiger partial charge in [0.2, 0.25) is 5.88 Å². The maximum atomic E-state index is 12.9. The molecule has 1 rings (SSSR count). The molecule has 0 amide bonds. The van der Waals surface area contributed by atoms with Crippen LogP contribution in [0.25, 0.3) is 0 Å². The number of hydrogen-bond donors (Lipinski definition) is 1. The Hall–Kier alpha value is -2.04. The monoisotopic (exact) mass is 221 g/mol. The van der Waals surface area contributed by atoms with Crippen LogP contribution in [0.15, 0.2) is 6.07 Å². The first kappa shape index (κ1) is 11.0. The molecule has 0 aliphatic rings. The van der Waals surface area contributed by atoms with Crippen LogP contribution in [0.1, 0.15) is 5.56 Å². The van der Waals surface area contributed by atoms with E-state index in [0.29, 0.717) is 6.07 Å². The van der Waals surface area contributed by atoms with Gasteiger partial charge in [-0.1, -0.05) is 0 Å². The molecule has 0 saturated heterocycles. The predicted octanol–water partition coefficient (Wildman–Crippen LogP) is 1.57. The van der Waals surface area contributed by atoms with Crippen LogP contribution in [0, 0.1) is 17.1 Å². The fourth-order valence-electron chi connectivity index (χ4n) is 0.791. The number of rotatable bonds is 1. The van der Waals surface area contributed by atoms with Gasteiger partial charge < -0.3 is 10.5 Å². The van der Waals surface area contributed by atoms with E-state index in [1.807, 2.05) is 0 Å². The zero-order valence-corrected chi connectivity index (χ0v) is 6.97. The van der Waals surface area contributed by atoms with Crippen LogP contribution < -0.4 is 10.5 Å². The predicted molar refractivity (Wildman–Crippen MR) is 40.0 cm³/mol. The lowest BCUT2D eigenvalue weighted by atomic mass is 10.2. The molecular formula is C7H3F4N3O. The summed E-state index contributed by atoms with van der Waals surface area (Å²) in [6.45, 7) is 0.